The second-order valence-electron chi connectivity index (χ2n) is 7.12. The summed E-state index contributed by atoms with van der Waals surface area (Å²) in [6.07, 6.45) is 5.65. The minimum Gasteiger partial charge on any atom is -0.381 e. The zero-order valence-electron chi connectivity index (χ0n) is 14.9. The van der Waals surface area contributed by atoms with Gasteiger partial charge < -0.3 is 18.9 Å². The van der Waals surface area contributed by atoms with Gasteiger partial charge >= 0.3 is 0 Å². The van der Waals surface area contributed by atoms with E-state index in [9.17, 15) is 4.79 Å². The lowest BCUT2D eigenvalue weighted by molar-refractivity contribution is -0.141. The molecule has 1 aliphatic heterocycles. The van der Waals surface area contributed by atoms with Crippen LogP contribution in [0.3, 0.4) is 0 Å². The molecule has 1 aromatic carbocycles. The summed E-state index contributed by atoms with van der Waals surface area (Å²) in [7, 11) is 3.53. The molecule has 4 rings (SSSR count). The number of likely N-dealkylation sites (tertiary alicyclic amines) is 1. The van der Waals surface area contributed by atoms with Crippen molar-refractivity contribution in [3.8, 4) is 0 Å². The van der Waals surface area contributed by atoms with E-state index in [1.165, 1.54) is 0 Å². The summed E-state index contributed by atoms with van der Waals surface area (Å²) in [6, 6.07) is 7.99. The number of rotatable bonds is 4. The van der Waals surface area contributed by atoms with Crippen LogP contribution in [-0.2, 0) is 20.8 Å². The highest BCUT2D eigenvalue weighted by atomic mass is 16.5. The molecule has 2 fully saturated rings. The molecule has 1 saturated heterocycles. The molecule has 2 aromatic rings. The lowest BCUT2D eigenvalue weighted by Gasteiger charge is -2.43. The molecular weight excluding hydrogens is 318 g/mol. The summed E-state index contributed by atoms with van der Waals surface area (Å²) in [4.78, 5) is 19.4. The Balaban J connectivity index is 1.55. The second kappa shape index (κ2) is 6.42. The third-order valence-corrected chi connectivity index (χ3v) is 6.03. The molecule has 1 saturated carbocycles. The van der Waals surface area contributed by atoms with Crippen molar-refractivity contribution in [3.63, 3.8) is 0 Å². The van der Waals surface area contributed by atoms with Crippen molar-refractivity contribution >= 4 is 16.9 Å². The van der Waals surface area contributed by atoms with Gasteiger partial charge in [0.2, 0.25) is 5.91 Å². The highest BCUT2D eigenvalue weighted by molar-refractivity contribution is 5.81. The molecule has 2 aliphatic rings. The molecule has 0 radical (unpaired) electrons. The van der Waals surface area contributed by atoms with Crippen LogP contribution in [-0.4, -0.2) is 58.9 Å². The van der Waals surface area contributed by atoms with Gasteiger partial charge in [0.25, 0.3) is 0 Å². The van der Waals surface area contributed by atoms with Crippen molar-refractivity contribution in [2.45, 2.75) is 50.0 Å². The summed E-state index contributed by atoms with van der Waals surface area (Å²) < 4.78 is 13.4. The molecule has 25 heavy (non-hydrogen) atoms. The van der Waals surface area contributed by atoms with E-state index in [4.69, 9.17) is 9.47 Å². The maximum absolute atomic E-state index is 13.0. The van der Waals surface area contributed by atoms with E-state index in [2.05, 4.69) is 4.98 Å². The van der Waals surface area contributed by atoms with Crippen LogP contribution in [0.5, 0.6) is 0 Å². The Hall–Kier alpha value is -1.92. The topological polar surface area (TPSA) is 56.6 Å². The van der Waals surface area contributed by atoms with E-state index in [0.29, 0.717) is 6.54 Å². The minimum absolute atomic E-state index is 0.0958. The standard InChI is InChI=1S/C19H25N3O3/c1-24-14-7-8-19(25-2)9-10-22(17(19)11-14)18(23)12-21-13-20-15-5-3-4-6-16(15)21/h3-6,13-14,17H,7-12H2,1-2H3/t14-,17-,19+/m1/s1. The first kappa shape index (κ1) is 16.5. The van der Waals surface area contributed by atoms with Crippen molar-refractivity contribution in [1.29, 1.82) is 0 Å². The number of carbonyl (C=O) groups is 1. The van der Waals surface area contributed by atoms with Crippen molar-refractivity contribution in [1.82, 2.24) is 14.5 Å². The van der Waals surface area contributed by atoms with Gasteiger partial charge in [0.05, 0.1) is 35.1 Å². The quantitative estimate of drug-likeness (QED) is 0.854. The fraction of sp³-hybridized carbons (Fsp3) is 0.579. The summed E-state index contributed by atoms with van der Waals surface area (Å²) >= 11 is 0. The maximum atomic E-state index is 13.0. The van der Waals surface area contributed by atoms with Gasteiger partial charge in [-0.15, -0.1) is 0 Å². The average molecular weight is 343 g/mol. The number of amides is 1. The number of aromatic nitrogens is 2. The highest BCUT2D eigenvalue weighted by Crippen LogP contribution is 2.43. The van der Waals surface area contributed by atoms with Crippen molar-refractivity contribution in [3.05, 3.63) is 30.6 Å². The van der Waals surface area contributed by atoms with Gasteiger partial charge in [-0.3, -0.25) is 4.79 Å². The van der Waals surface area contributed by atoms with Crippen molar-refractivity contribution in [2.24, 2.45) is 0 Å². The average Bonchev–Trinajstić information content (AvgIpc) is 3.23. The summed E-state index contributed by atoms with van der Waals surface area (Å²) in [5, 5.41) is 0. The van der Waals surface area contributed by atoms with Crippen LogP contribution >= 0.6 is 0 Å². The smallest absolute Gasteiger partial charge is 0.242 e. The number of ether oxygens (including phenoxy) is 2. The molecule has 2 heterocycles. The third kappa shape index (κ3) is 2.73. The number of benzene rings is 1. The first-order chi connectivity index (χ1) is 12.2. The molecule has 1 amide bonds. The Kier molecular flexibility index (Phi) is 4.25. The number of methoxy groups -OCH3 is 2. The first-order valence-corrected chi connectivity index (χ1v) is 8.94. The molecule has 6 nitrogen and oxygen atoms in total. The molecule has 0 N–H and O–H groups in total. The summed E-state index contributed by atoms with van der Waals surface area (Å²) in [5.41, 5.74) is 1.70. The van der Waals surface area contributed by atoms with Gasteiger partial charge in [-0.2, -0.15) is 0 Å². The number of para-hydroxylation sites is 2. The molecule has 1 aliphatic carbocycles. The summed E-state index contributed by atoms with van der Waals surface area (Å²) in [6.45, 7) is 1.06. The normalized spacial score (nSPS) is 29.1. The number of imidazole rings is 1. The van der Waals surface area contributed by atoms with Crippen molar-refractivity contribution in [2.75, 3.05) is 20.8 Å². The van der Waals surface area contributed by atoms with Crippen LogP contribution in [0.25, 0.3) is 11.0 Å². The van der Waals surface area contributed by atoms with Gasteiger partial charge in [-0.05, 0) is 37.8 Å². The van der Waals surface area contributed by atoms with E-state index in [-0.39, 0.29) is 23.7 Å². The van der Waals surface area contributed by atoms with E-state index in [1.807, 2.05) is 33.7 Å². The van der Waals surface area contributed by atoms with Crippen LogP contribution in [0.1, 0.15) is 25.7 Å². The fourth-order valence-electron chi connectivity index (χ4n) is 4.55. The Morgan fingerprint density at radius 1 is 1.32 bits per heavy atom. The van der Waals surface area contributed by atoms with Crippen LogP contribution < -0.4 is 0 Å². The van der Waals surface area contributed by atoms with Gasteiger partial charge in [0.1, 0.15) is 6.54 Å². The van der Waals surface area contributed by atoms with Crippen LogP contribution in [0.15, 0.2) is 30.6 Å². The third-order valence-electron chi connectivity index (χ3n) is 6.03. The molecular formula is C19H25N3O3. The lowest BCUT2D eigenvalue weighted by Crippen LogP contribution is -2.53. The Bertz CT molecular complexity index is 774. The minimum atomic E-state index is -0.207. The molecule has 0 spiro atoms. The summed E-state index contributed by atoms with van der Waals surface area (Å²) in [5.74, 6) is 0.129. The predicted molar refractivity (Wildman–Crippen MR) is 94.2 cm³/mol. The second-order valence-corrected chi connectivity index (χ2v) is 7.12. The largest absolute Gasteiger partial charge is 0.381 e. The monoisotopic (exact) mass is 343 g/mol. The van der Waals surface area contributed by atoms with Crippen LogP contribution in [0, 0.1) is 0 Å². The number of hydrogen-bond acceptors (Lipinski definition) is 4. The number of nitrogens with zero attached hydrogens (tertiary/aromatic N) is 3. The Morgan fingerprint density at radius 3 is 2.96 bits per heavy atom. The molecule has 3 atom stereocenters. The van der Waals surface area contributed by atoms with E-state index < -0.39 is 0 Å². The maximum Gasteiger partial charge on any atom is 0.242 e. The zero-order valence-corrected chi connectivity index (χ0v) is 14.9. The van der Waals surface area contributed by atoms with E-state index >= 15 is 0 Å². The molecule has 0 bridgehead atoms. The van der Waals surface area contributed by atoms with Crippen molar-refractivity contribution < 1.29 is 14.3 Å². The van der Waals surface area contributed by atoms with Crippen LogP contribution in [0.4, 0.5) is 0 Å². The van der Waals surface area contributed by atoms with Crippen LogP contribution in [0.2, 0.25) is 0 Å². The molecule has 0 unspecified atom stereocenters. The Morgan fingerprint density at radius 2 is 2.16 bits per heavy atom. The van der Waals surface area contributed by atoms with Gasteiger partial charge in [0, 0.05) is 20.8 Å². The number of carbonyl (C=O) groups excluding carboxylic acids is 1. The molecule has 6 heteroatoms. The SMILES string of the molecule is CO[C@@H]1CC[C@]2(OC)CCN(C(=O)Cn3cnc4ccccc43)[C@@H]2C1. The van der Waals surface area contributed by atoms with Gasteiger partial charge in [-0.25, -0.2) is 4.98 Å². The van der Waals surface area contributed by atoms with E-state index in [1.54, 1.807) is 20.5 Å². The molecule has 134 valence electrons. The number of hydrogen-bond donors (Lipinski definition) is 0. The number of fused-ring (bicyclic) bond motifs is 2. The molecule has 1 aromatic heterocycles. The fourth-order valence-corrected chi connectivity index (χ4v) is 4.55. The van der Waals surface area contributed by atoms with Gasteiger partial charge in [0.15, 0.2) is 0 Å². The van der Waals surface area contributed by atoms with E-state index in [0.717, 1.165) is 43.3 Å². The first-order valence-electron chi connectivity index (χ1n) is 8.94. The van der Waals surface area contributed by atoms with Gasteiger partial charge in [-0.1, -0.05) is 12.1 Å². The zero-order chi connectivity index (χ0) is 17.4. The Labute approximate surface area is 147 Å². The predicted octanol–water partition coefficient (Wildman–Crippen LogP) is 2.22. The highest BCUT2D eigenvalue weighted by Gasteiger charge is 2.52. The lowest BCUT2D eigenvalue weighted by atomic mass is 9.79.